The summed E-state index contributed by atoms with van der Waals surface area (Å²) in [4.78, 5) is 28.6. The highest BCUT2D eigenvalue weighted by Gasteiger charge is 2.58. The average molecular weight is 409 g/mol. The molecule has 30 heavy (non-hydrogen) atoms. The molecule has 158 valence electrons. The van der Waals surface area contributed by atoms with Crippen LogP contribution in [0.2, 0.25) is 0 Å². The number of piperazine rings is 1. The number of carbonyl (C=O) groups excluding carboxylic acids is 2. The first-order valence-corrected chi connectivity index (χ1v) is 10.3. The van der Waals surface area contributed by atoms with Crippen LogP contribution in [0.4, 0.5) is 0 Å². The van der Waals surface area contributed by atoms with Crippen molar-refractivity contribution < 1.29 is 19.1 Å². The normalized spacial score (nSPS) is 28.7. The molecule has 3 heterocycles. The molecule has 2 N–H and O–H groups in total. The van der Waals surface area contributed by atoms with Gasteiger partial charge in [0.2, 0.25) is 11.8 Å². The maximum Gasteiger partial charge on any atom is 0.261 e. The minimum absolute atomic E-state index is 0.0593. The number of nitrogens with zero attached hydrogens (tertiary/aromatic N) is 1. The Balaban J connectivity index is 1.81. The summed E-state index contributed by atoms with van der Waals surface area (Å²) in [5.41, 5.74) is 0.279. The van der Waals surface area contributed by atoms with Gasteiger partial charge in [-0.2, -0.15) is 0 Å². The Morgan fingerprint density at radius 1 is 1.23 bits per heavy atom. The Bertz CT molecular complexity index is 924. The molecule has 1 unspecified atom stereocenters. The fourth-order valence-electron chi connectivity index (χ4n) is 4.37. The number of rotatable bonds is 5. The summed E-state index contributed by atoms with van der Waals surface area (Å²) in [6, 6.07) is 9.02. The van der Waals surface area contributed by atoms with Gasteiger partial charge in [-0.1, -0.05) is 50.3 Å². The zero-order valence-corrected chi connectivity index (χ0v) is 17.4. The molecule has 0 bridgehead atoms. The van der Waals surface area contributed by atoms with Crippen molar-refractivity contribution in [3.63, 3.8) is 0 Å². The fourth-order valence-corrected chi connectivity index (χ4v) is 4.37. The highest BCUT2D eigenvalue weighted by atomic mass is 16.5. The third kappa shape index (κ3) is 3.19. The molecule has 4 rings (SSSR count). The molecule has 7 heteroatoms. The first kappa shape index (κ1) is 20.2. The molecule has 1 aromatic carbocycles. The molecule has 3 aliphatic heterocycles. The van der Waals surface area contributed by atoms with Gasteiger partial charge in [0.25, 0.3) is 5.91 Å². The summed E-state index contributed by atoms with van der Waals surface area (Å²) < 4.78 is 11.6. The maximum absolute atomic E-state index is 13.6. The second-order valence-corrected chi connectivity index (χ2v) is 7.81. The fraction of sp³-hybridized carbons (Fsp3) is 0.391. The molecule has 7 nitrogen and oxygen atoms in total. The number of fused-ring (bicyclic) bond motifs is 1. The number of nitrogens with one attached hydrogen (secondary N) is 2. The lowest BCUT2D eigenvalue weighted by molar-refractivity contribution is -0.194. The van der Waals surface area contributed by atoms with E-state index >= 15 is 0 Å². The third-order valence-corrected chi connectivity index (χ3v) is 6.21. The second-order valence-electron chi connectivity index (χ2n) is 7.81. The van der Waals surface area contributed by atoms with E-state index in [4.69, 9.17) is 9.47 Å². The average Bonchev–Trinajstić information content (AvgIpc) is 3.01. The zero-order chi connectivity index (χ0) is 21.3. The van der Waals surface area contributed by atoms with Crippen LogP contribution < -0.4 is 10.6 Å². The molecule has 0 aliphatic carbocycles. The second kappa shape index (κ2) is 7.99. The highest BCUT2D eigenvalue weighted by molar-refractivity contribution is 6.01. The lowest BCUT2D eigenvalue weighted by atomic mass is 9.85. The van der Waals surface area contributed by atoms with E-state index in [1.54, 1.807) is 30.2 Å². The van der Waals surface area contributed by atoms with Crippen LogP contribution in [0.3, 0.4) is 0 Å². The topological polar surface area (TPSA) is 79.9 Å². The number of methoxy groups -OCH3 is 1. The van der Waals surface area contributed by atoms with Gasteiger partial charge in [0.1, 0.15) is 6.04 Å². The minimum atomic E-state index is -1.09. The molecule has 2 amide bonds. The van der Waals surface area contributed by atoms with Crippen molar-refractivity contribution in [1.82, 2.24) is 15.5 Å². The van der Waals surface area contributed by atoms with Crippen LogP contribution in [0.5, 0.6) is 0 Å². The lowest BCUT2D eigenvalue weighted by Gasteiger charge is -2.56. The minimum Gasteiger partial charge on any atom is -0.448 e. The Morgan fingerprint density at radius 3 is 2.70 bits per heavy atom. The predicted molar refractivity (Wildman–Crippen MR) is 111 cm³/mol. The van der Waals surface area contributed by atoms with Crippen molar-refractivity contribution in [3.8, 4) is 0 Å². The highest BCUT2D eigenvalue weighted by Crippen LogP contribution is 2.37. The molecule has 1 aromatic rings. The van der Waals surface area contributed by atoms with Gasteiger partial charge in [0, 0.05) is 19.4 Å². The summed E-state index contributed by atoms with van der Waals surface area (Å²) in [5.74, 6) is -0.177. The Hall–Kier alpha value is -3.06. The van der Waals surface area contributed by atoms with Crippen LogP contribution in [-0.2, 0) is 25.5 Å². The molecule has 0 radical (unpaired) electrons. The largest absolute Gasteiger partial charge is 0.448 e. The first-order valence-electron chi connectivity index (χ1n) is 10.3. The zero-order valence-electron chi connectivity index (χ0n) is 17.4. The van der Waals surface area contributed by atoms with E-state index in [1.165, 1.54) is 6.26 Å². The number of hydrogen-bond acceptors (Lipinski definition) is 5. The SMILES string of the molecule is CC[C@H](C)[C@]1(OC)NC(=O)[C@@H](Cc2ccccc2)N2C(=O)C3=C(NC21)OC=CC=C3. The Labute approximate surface area is 176 Å². The Kier molecular flexibility index (Phi) is 5.39. The van der Waals surface area contributed by atoms with Crippen LogP contribution in [-0.4, -0.2) is 41.8 Å². The summed E-state index contributed by atoms with van der Waals surface area (Å²) in [6.45, 7) is 4.03. The van der Waals surface area contributed by atoms with E-state index in [1.807, 2.05) is 44.2 Å². The van der Waals surface area contributed by atoms with E-state index < -0.39 is 17.9 Å². The summed E-state index contributed by atoms with van der Waals surface area (Å²) in [6.07, 6.45) is 7.23. The van der Waals surface area contributed by atoms with Gasteiger partial charge in [-0.3, -0.25) is 9.59 Å². The van der Waals surface area contributed by atoms with Gasteiger partial charge in [0.05, 0.1) is 11.8 Å². The van der Waals surface area contributed by atoms with Gasteiger partial charge in [-0.05, 0) is 24.1 Å². The van der Waals surface area contributed by atoms with Crippen molar-refractivity contribution in [3.05, 3.63) is 71.8 Å². The molecule has 1 saturated heterocycles. The molecule has 0 spiro atoms. The number of ether oxygens (including phenoxy) is 2. The number of amides is 2. The van der Waals surface area contributed by atoms with E-state index in [-0.39, 0.29) is 17.7 Å². The van der Waals surface area contributed by atoms with E-state index in [2.05, 4.69) is 10.6 Å². The van der Waals surface area contributed by atoms with E-state index in [9.17, 15) is 9.59 Å². The van der Waals surface area contributed by atoms with E-state index in [0.717, 1.165) is 12.0 Å². The lowest BCUT2D eigenvalue weighted by Crippen LogP contribution is -2.80. The number of allylic oxidation sites excluding steroid dienone is 2. The number of benzene rings is 1. The van der Waals surface area contributed by atoms with Gasteiger partial charge in [-0.25, -0.2) is 0 Å². The number of hydrogen-bond donors (Lipinski definition) is 2. The van der Waals surface area contributed by atoms with Crippen molar-refractivity contribution >= 4 is 11.8 Å². The van der Waals surface area contributed by atoms with Crippen molar-refractivity contribution in [2.24, 2.45) is 5.92 Å². The van der Waals surface area contributed by atoms with Crippen LogP contribution in [0.15, 0.2) is 66.3 Å². The summed E-state index contributed by atoms with van der Waals surface area (Å²) in [7, 11) is 1.56. The predicted octanol–water partition coefficient (Wildman–Crippen LogP) is 2.19. The smallest absolute Gasteiger partial charge is 0.261 e. The number of carbonyl (C=O) groups is 2. The quantitative estimate of drug-likeness (QED) is 0.779. The van der Waals surface area contributed by atoms with Crippen LogP contribution >= 0.6 is 0 Å². The van der Waals surface area contributed by atoms with Crippen molar-refractivity contribution in [2.75, 3.05) is 7.11 Å². The standard InChI is InChI=1S/C23H27N3O4/c1-4-15(2)23(29-3)22-24-20-17(12-8-9-13-30-20)21(28)26(22)18(19(27)25-23)14-16-10-6-5-7-11-16/h5-13,15,18,22,24H,4,14H2,1-3H3,(H,25,27)/t15-,18+,22?,23+/m0/s1. The molecule has 0 saturated carbocycles. The van der Waals surface area contributed by atoms with Crippen LogP contribution in [0.1, 0.15) is 25.8 Å². The molecular weight excluding hydrogens is 382 g/mol. The van der Waals surface area contributed by atoms with Crippen molar-refractivity contribution in [1.29, 1.82) is 0 Å². The van der Waals surface area contributed by atoms with Crippen LogP contribution in [0, 0.1) is 5.92 Å². The van der Waals surface area contributed by atoms with Gasteiger partial charge in [-0.15, -0.1) is 0 Å². The van der Waals surface area contributed by atoms with E-state index in [0.29, 0.717) is 17.9 Å². The van der Waals surface area contributed by atoms with Gasteiger partial charge in [0.15, 0.2) is 11.9 Å². The first-order chi connectivity index (χ1) is 14.5. The molecule has 0 aromatic heterocycles. The van der Waals surface area contributed by atoms with Crippen LogP contribution in [0.25, 0.3) is 0 Å². The third-order valence-electron chi connectivity index (χ3n) is 6.21. The van der Waals surface area contributed by atoms with Gasteiger partial charge < -0.3 is 25.0 Å². The Morgan fingerprint density at radius 2 is 2.00 bits per heavy atom. The maximum atomic E-state index is 13.6. The van der Waals surface area contributed by atoms with Crippen molar-refractivity contribution in [2.45, 2.75) is 44.6 Å². The molecule has 1 fully saturated rings. The monoisotopic (exact) mass is 409 g/mol. The summed E-state index contributed by atoms with van der Waals surface area (Å²) >= 11 is 0. The molecule has 4 atom stereocenters. The van der Waals surface area contributed by atoms with Gasteiger partial charge >= 0.3 is 0 Å². The molecule has 3 aliphatic rings. The molecular formula is C23H27N3O4. The summed E-state index contributed by atoms with van der Waals surface area (Å²) in [5, 5.41) is 6.44.